The van der Waals surface area contributed by atoms with Gasteiger partial charge in [-0.25, -0.2) is 17.9 Å². The van der Waals surface area contributed by atoms with Crippen LogP contribution in [0.15, 0.2) is 27.6 Å². The molecule has 2 N–H and O–H groups in total. The predicted octanol–water partition coefficient (Wildman–Crippen LogP) is 2.62. The van der Waals surface area contributed by atoms with Crippen LogP contribution in [0.5, 0.6) is 0 Å². The highest BCUT2D eigenvalue weighted by atomic mass is 79.9. The van der Waals surface area contributed by atoms with Gasteiger partial charge in [-0.15, -0.1) is 0 Å². The van der Waals surface area contributed by atoms with Crippen LogP contribution in [0.1, 0.15) is 36.0 Å². The van der Waals surface area contributed by atoms with Crippen LogP contribution < -0.4 is 4.72 Å². The smallest absolute Gasteiger partial charge is 0.335 e. The molecule has 0 amide bonds. The lowest BCUT2D eigenvalue weighted by Crippen LogP contribution is -2.28. The van der Waals surface area contributed by atoms with Crippen molar-refractivity contribution in [2.24, 2.45) is 5.92 Å². The molecule has 2 rings (SSSR count). The highest BCUT2D eigenvalue weighted by Crippen LogP contribution is 2.29. The first-order valence-corrected chi connectivity index (χ1v) is 8.70. The van der Waals surface area contributed by atoms with E-state index in [0.717, 1.165) is 12.5 Å². The van der Waals surface area contributed by atoms with E-state index in [4.69, 9.17) is 5.11 Å². The molecule has 5 nitrogen and oxygen atoms in total. The van der Waals surface area contributed by atoms with Crippen LogP contribution in [-0.2, 0) is 10.0 Å². The second kappa shape index (κ2) is 6.24. The van der Waals surface area contributed by atoms with Crippen molar-refractivity contribution in [3.8, 4) is 0 Å². The molecule has 1 aliphatic carbocycles. The number of hydrogen-bond donors (Lipinski definition) is 2. The Morgan fingerprint density at radius 2 is 2.10 bits per heavy atom. The quantitative estimate of drug-likeness (QED) is 0.815. The summed E-state index contributed by atoms with van der Waals surface area (Å²) in [7, 11) is -3.69. The summed E-state index contributed by atoms with van der Waals surface area (Å²) >= 11 is 3.15. The maximum absolute atomic E-state index is 12.2. The number of carbonyl (C=O) groups is 1. The number of carboxylic acid groups (broad SMARTS) is 1. The maximum atomic E-state index is 12.2. The zero-order valence-corrected chi connectivity index (χ0v) is 13.2. The number of aromatic carboxylic acids is 1. The molecule has 1 saturated carbocycles. The van der Waals surface area contributed by atoms with Gasteiger partial charge in [0.1, 0.15) is 0 Å². The van der Waals surface area contributed by atoms with Gasteiger partial charge in [0.15, 0.2) is 0 Å². The van der Waals surface area contributed by atoms with Gasteiger partial charge in [-0.3, -0.25) is 0 Å². The van der Waals surface area contributed by atoms with Gasteiger partial charge in [0, 0.05) is 11.0 Å². The number of sulfonamides is 1. The van der Waals surface area contributed by atoms with Gasteiger partial charge in [0.05, 0.1) is 10.5 Å². The monoisotopic (exact) mass is 361 g/mol. The number of carboxylic acids is 1. The molecule has 0 atom stereocenters. The van der Waals surface area contributed by atoms with Crippen LogP contribution in [0, 0.1) is 5.92 Å². The zero-order valence-electron chi connectivity index (χ0n) is 10.8. The van der Waals surface area contributed by atoms with Crippen molar-refractivity contribution in [3.63, 3.8) is 0 Å². The lowest BCUT2D eigenvalue weighted by molar-refractivity contribution is 0.0696. The Hall–Kier alpha value is -0.920. The fourth-order valence-corrected chi connectivity index (χ4v) is 4.13. The van der Waals surface area contributed by atoms with Crippen molar-refractivity contribution >= 4 is 31.9 Å². The van der Waals surface area contributed by atoms with Crippen molar-refractivity contribution in [3.05, 3.63) is 28.2 Å². The zero-order chi connectivity index (χ0) is 14.8. The molecule has 1 aromatic rings. The third kappa shape index (κ3) is 3.59. The van der Waals surface area contributed by atoms with Crippen molar-refractivity contribution in [2.45, 2.75) is 30.6 Å². The first-order valence-electron chi connectivity index (χ1n) is 6.42. The largest absolute Gasteiger partial charge is 0.478 e. The van der Waals surface area contributed by atoms with Crippen LogP contribution >= 0.6 is 15.9 Å². The third-order valence-corrected chi connectivity index (χ3v) is 5.99. The molecule has 20 heavy (non-hydrogen) atoms. The molecule has 0 unspecified atom stereocenters. The van der Waals surface area contributed by atoms with E-state index in [1.54, 1.807) is 0 Å². The number of rotatable bonds is 6. The molecule has 1 aliphatic rings. The Kier molecular flexibility index (Phi) is 4.82. The summed E-state index contributed by atoms with van der Waals surface area (Å²) in [4.78, 5) is 10.9. The van der Waals surface area contributed by atoms with E-state index in [-0.39, 0.29) is 10.5 Å². The van der Waals surface area contributed by atoms with E-state index in [2.05, 4.69) is 20.7 Å². The molecule has 110 valence electrons. The average molecular weight is 362 g/mol. The second-order valence-electron chi connectivity index (χ2n) is 4.93. The minimum Gasteiger partial charge on any atom is -0.478 e. The number of benzene rings is 1. The number of nitrogens with one attached hydrogen (secondary N) is 1. The van der Waals surface area contributed by atoms with Gasteiger partial charge in [0.25, 0.3) is 0 Å². The van der Waals surface area contributed by atoms with E-state index in [0.29, 0.717) is 16.9 Å². The molecular formula is C13H16BrNO4S. The van der Waals surface area contributed by atoms with E-state index < -0.39 is 16.0 Å². The van der Waals surface area contributed by atoms with Crippen molar-refractivity contribution in [2.75, 3.05) is 6.54 Å². The van der Waals surface area contributed by atoms with Crippen LogP contribution in [0.3, 0.4) is 0 Å². The minimum absolute atomic E-state index is 0.0361. The summed E-state index contributed by atoms with van der Waals surface area (Å²) in [6, 6.07) is 3.96. The summed E-state index contributed by atoms with van der Waals surface area (Å²) in [5, 5.41) is 8.92. The fraction of sp³-hybridized carbons (Fsp3) is 0.462. The molecular weight excluding hydrogens is 346 g/mol. The van der Waals surface area contributed by atoms with E-state index >= 15 is 0 Å². The number of halogens is 1. The van der Waals surface area contributed by atoms with Gasteiger partial charge in [-0.1, -0.05) is 19.3 Å². The summed E-state index contributed by atoms with van der Waals surface area (Å²) < 4.78 is 27.3. The Morgan fingerprint density at radius 3 is 2.65 bits per heavy atom. The lowest BCUT2D eigenvalue weighted by Gasteiger charge is -2.25. The predicted molar refractivity (Wildman–Crippen MR) is 78.2 cm³/mol. The van der Waals surface area contributed by atoms with Crippen LogP contribution in [0.4, 0.5) is 0 Å². The SMILES string of the molecule is O=C(O)c1ccc(Br)c(S(=O)(=O)NCCC2CCC2)c1. The van der Waals surface area contributed by atoms with Gasteiger partial charge in [-0.2, -0.15) is 0 Å². The average Bonchev–Trinajstić information content (AvgIpc) is 2.32. The summed E-state index contributed by atoms with van der Waals surface area (Å²) in [6.07, 6.45) is 4.39. The molecule has 0 aliphatic heterocycles. The van der Waals surface area contributed by atoms with Gasteiger partial charge >= 0.3 is 5.97 Å². The summed E-state index contributed by atoms with van der Waals surface area (Å²) in [5.74, 6) is -0.532. The Morgan fingerprint density at radius 1 is 1.40 bits per heavy atom. The second-order valence-corrected chi connectivity index (χ2v) is 7.52. The molecule has 0 saturated heterocycles. The maximum Gasteiger partial charge on any atom is 0.335 e. The molecule has 1 aromatic carbocycles. The standard InChI is InChI=1S/C13H16BrNO4S/c14-11-5-4-10(13(16)17)8-12(11)20(18,19)15-7-6-9-2-1-3-9/h4-5,8-9,15H,1-3,6-7H2,(H,16,17). The Balaban J connectivity index is 2.10. The molecule has 0 radical (unpaired) electrons. The first kappa shape index (κ1) is 15.5. The fourth-order valence-electron chi connectivity index (χ4n) is 2.10. The molecule has 0 aromatic heterocycles. The van der Waals surface area contributed by atoms with Crippen LogP contribution in [0.2, 0.25) is 0 Å². The van der Waals surface area contributed by atoms with Gasteiger partial charge < -0.3 is 5.11 Å². The van der Waals surface area contributed by atoms with Crippen LogP contribution in [0.25, 0.3) is 0 Å². The van der Waals surface area contributed by atoms with Crippen molar-refractivity contribution in [1.29, 1.82) is 0 Å². The normalized spacial score (nSPS) is 15.8. The highest BCUT2D eigenvalue weighted by molar-refractivity contribution is 9.10. The number of hydrogen-bond acceptors (Lipinski definition) is 3. The minimum atomic E-state index is -3.69. The Labute approximate surface area is 126 Å². The van der Waals surface area contributed by atoms with E-state index in [9.17, 15) is 13.2 Å². The van der Waals surface area contributed by atoms with Crippen molar-refractivity contribution < 1.29 is 18.3 Å². The summed E-state index contributed by atoms with van der Waals surface area (Å²) in [6.45, 7) is 0.386. The van der Waals surface area contributed by atoms with Gasteiger partial charge in [0.2, 0.25) is 10.0 Å². The van der Waals surface area contributed by atoms with Gasteiger partial charge in [-0.05, 0) is 46.5 Å². The highest BCUT2D eigenvalue weighted by Gasteiger charge is 2.21. The topological polar surface area (TPSA) is 83.5 Å². The van der Waals surface area contributed by atoms with E-state index in [1.807, 2.05) is 0 Å². The molecule has 0 bridgehead atoms. The molecule has 0 heterocycles. The molecule has 0 spiro atoms. The van der Waals surface area contributed by atoms with E-state index in [1.165, 1.54) is 31.4 Å². The van der Waals surface area contributed by atoms with Crippen molar-refractivity contribution in [1.82, 2.24) is 4.72 Å². The van der Waals surface area contributed by atoms with Crippen LogP contribution in [-0.4, -0.2) is 26.0 Å². The molecule has 1 fully saturated rings. The lowest BCUT2D eigenvalue weighted by atomic mass is 9.83. The molecule has 7 heteroatoms. The summed E-state index contributed by atoms with van der Waals surface area (Å²) in [5.41, 5.74) is -0.0485. The first-order chi connectivity index (χ1) is 9.40. The third-order valence-electron chi connectivity index (χ3n) is 3.54. The Bertz CT molecular complexity index is 611.